The van der Waals surface area contributed by atoms with Gasteiger partial charge in [0.25, 0.3) is 0 Å². The molecule has 0 heterocycles. The van der Waals surface area contributed by atoms with E-state index < -0.39 is 5.60 Å². The van der Waals surface area contributed by atoms with Gasteiger partial charge in [0.15, 0.2) is 6.29 Å². The predicted octanol–water partition coefficient (Wildman–Crippen LogP) is 2.08. The zero-order valence-electron chi connectivity index (χ0n) is 7.63. The summed E-state index contributed by atoms with van der Waals surface area (Å²) in [5.41, 5.74) is -0.877. The van der Waals surface area contributed by atoms with Gasteiger partial charge in [0.1, 0.15) is 11.4 Å². The van der Waals surface area contributed by atoms with Crippen LogP contribution < -0.4 is 0 Å². The second kappa shape index (κ2) is 4.19. The van der Waals surface area contributed by atoms with E-state index in [1.54, 1.807) is 6.07 Å². The van der Waals surface area contributed by atoms with Crippen LogP contribution in [0.3, 0.4) is 0 Å². The van der Waals surface area contributed by atoms with Gasteiger partial charge in [0.05, 0.1) is 0 Å². The van der Waals surface area contributed by atoms with Crippen LogP contribution in [0.1, 0.15) is 12.5 Å². The van der Waals surface area contributed by atoms with Gasteiger partial charge in [-0.05, 0) is 30.7 Å². The van der Waals surface area contributed by atoms with Crippen molar-refractivity contribution in [3.63, 3.8) is 0 Å². The summed E-state index contributed by atoms with van der Waals surface area (Å²) in [7, 11) is 0. The predicted molar refractivity (Wildman–Crippen MR) is 54.5 cm³/mol. The van der Waals surface area contributed by atoms with E-state index in [0.717, 1.165) is 0 Å². The number of carbonyl (C=O) groups is 1. The number of hydrogen-bond donors (Lipinski definition) is 1. The maximum Gasteiger partial charge on any atom is 0.151 e. The van der Waals surface area contributed by atoms with E-state index in [-0.39, 0.29) is 12.2 Å². The first-order valence-electron chi connectivity index (χ1n) is 4.07. The minimum Gasteiger partial charge on any atom is -0.382 e. The van der Waals surface area contributed by atoms with Gasteiger partial charge >= 0.3 is 0 Å². The van der Waals surface area contributed by atoms with Crippen molar-refractivity contribution in [2.75, 3.05) is 0 Å². The molecule has 2 nitrogen and oxygen atoms in total. The number of hydrogen-bond acceptors (Lipinski definition) is 2. The SMILES string of the molecule is CC(O)(C=O)Cc1cc(F)ccc1Br. The number of carbonyl (C=O) groups excluding carboxylic acids is 1. The highest BCUT2D eigenvalue weighted by atomic mass is 79.9. The third kappa shape index (κ3) is 2.89. The second-order valence-corrected chi connectivity index (χ2v) is 4.24. The Kier molecular flexibility index (Phi) is 3.39. The fourth-order valence-corrected chi connectivity index (χ4v) is 1.49. The summed E-state index contributed by atoms with van der Waals surface area (Å²) < 4.78 is 13.5. The number of aliphatic hydroxyl groups is 1. The van der Waals surface area contributed by atoms with Crippen molar-refractivity contribution in [3.8, 4) is 0 Å². The molecule has 1 unspecified atom stereocenters. The minimum atomic E-state index is -1.45. The van der Waals surface area contributed by atoms with Gasteiger partial charge in [-0.2, -0.15) is 0 Å². The fraction of sp³-hybridized carbons (Fsp3) is 0.300. The lowest BCUT2D eigenvalue weighted by atomic mass is 9.98. The molecule has 0 amide bonds. The maximum absolute atomic E-state index is 12.8. The van der Waals surface area contributed by atoms with Crippen molar-refractivity contribution in [2.45, 2.75) is 18.9 Å². The molecule has 1 atom stereocenters. The van der Waals surface area contributed by atoms with Crippen LogP contribution in [0.15, 0.2) is 22.7 Å². The van der Waals surface area contributed by atoms with Crippen LogP contribution in [0.2, 0.25) is 0 Å². The summed E-state index contributed by atoms with van der Waals surface area (Å²) in [6.07, 6.45) is 0.541. The van der Waals surface area contributed by atoms with Crippen molar-refractivity contribution in [1.82, 2.24) is 0 Å². The molecular weight excluding hydrogens is 251 g/mol. The zero-order chi connectivity index (χ0) is 10.8. The lowest BCUT2D eigenvalue weighted by molar-refractivity contribution is -0.122. The summed E-state index contributed by atoms with van der Waals surface area (Å²) in [5, 5.41) is 9.48. The van der Waals surface area contributed by atoms with Crippen LogP contribution >= 0.6 is 15.9 Å². The molecule has 0 aliphatic carbocycles. The molecule has 0 radical (unpaired) electrons. The highest BCUT2D eigenvalue weighted by Crippen LogP contribution is 2.21. The van der Waals surface area contributed by atoms with Crippen LogP contribution in [-0.2, 0) is 11.2 Å². The third-order valence-corrected chi connectivity index (χ3v) is 2.58. The highest BCUT2D eigenvalue weighted by Gasteiger charge is 2.21. The van der Waals surface area contributed by atoms with Gasteiger partial charge in [0, 0.05) is 10.9 Å². The average molecular weight is 261 g/mol. The van der Waals surface area contributed by atoms with Crippen LogP contribution in [0.5, 0.6) is 0 Å². The summed E-state index contributed by atoms with van der Waals surface area (Å²) >= 11 is 3.22. The molecule has 0 saturated carbocycles. The Bertz CT molecular complexity index is 350. The van der Waals surface area contributed by atoms with E-state index in [1.165, 1.54) is 19.1 Å². The molecule has 0 bridgehead atoms. The molecule has 1 aromatic rings. The van der Waals surface area contributed by atoms with E-state index >= 15 is 0 Å². The molecule has 0 aliphatic rings. The van der Waals surface area contributed by atoms with Crippen molar-refractivity contribution < 1.29 is 14.3 Å². The molecule has 0 saturated heterocycles. The minimum absolute atomic E-state index is 0.0921. The Morgan fingerprint density at radius 3 is 2.86 bits per heavy atom. The molecule has 0 aromatic heterocycles. The Hall–Kier alpha value is -0.740. The lowest BCUT2D eigenvalue weighted by Gasteiger charge is -2.16. The second-order valence-electron chi connectivity index (χ2n) is 3.39. The van der Waals surface area contributed by atoms with Gasteiger partial charge in [-0.1, -0.05) is 15.9 Å². The molecular formula is C10H10BrFO2. The highest BCUT2D eigenvalue weighted by molar-refractivity contribution is 9.10. The Morgan fingerprint density at radius 1 is 1.64 bits per heavy atom. The normalized spacial score (nSPS) is 14.9. The van der Waals surface area contributed by atoms with Crippen molar-refractivity contribution in [3.05, 3.63) is 34.1 Å². The monoisotopic (exact) mass is 260 g/mol. The molecule has 14 heavy (non-hydrogen) atoms. The summed E-state index contributed by atoms with van der Waals surface area (Å²) in [6, 6.07) is 4.15. The number of aldehydes is 1. The smallest absolute Gasteiger partial charge is 0.151 e. The lowest BCUT2D eigenvalue weighted by Crippen LogP contribution is -2.29. The van der Waals surface area contributed by atoms with E-state index in [4.69, 9.17) is 0 Å². The molecule has 76 valence electrons. The van der Waals surface area contributed by atoms with Crippen molar-refractivity contribution in [1.29, 1.82) is 0 Å². The molecule has 0 fully saturated rings. The van der Waals surface area contributed by atoms with Crippen LogP contribution in [-0.4, -0.2) is 17.0 Å². The van der Waals surface area contributed by atoms with Gasteiger partial charge in [-0.25, -0.2) is 4.39 Å². The topological polar surface area (TPSA) is 37.3 Å². The first-order chi connectivity index (χ1) is 6.44. The van der Waals surface area contributed by atoms with Crippen LogP contribution in [0.25, 0.3) is 0 Å². The van der Waals surface area contributed by atoms with E-state index in [0.29, 0.717) is 16.3 Å². The standard InChI is InChI=1S/C10H10BrFO2/c1-10(14,6-13)5-7-4-8(12)2-3-9(7)11/h2-4,6,14H,5H2,1H3. The van der Waals surface area contributed by atoms with Gasteiger partial charge in [-0.15, -0.1) is 0 Å². The van der Waals surface area contributed by atoms with Crippen LogP contribution in [0.4, 0.5) is 4.39 Å². The van der Waals surface area contributed by atoms with Gasteiger partial charge < -0.3 is 9.90 Å². The molecule has 1 aromatic carbocycles. The van der Waals surface area contributed by atoms with Crippen molar-refractivity contribution in [2.24, 2.45) is 0 Å². The summed E-state index contributed by atoms with van der Waals surface area (Å²) in [4.78, 5) is 10.5. The largest absolute Gasteiger partial charge is 0.382 e. The third-order valence-electron chi connectivity index (χ3n) is 1.81. The van der Waals surface area contributed by atoms with Crippen molar-refractivity contribution >= 4 is 22.2 Å². The number of halogens is 2. The van der Waals surface area contributed by atoms with E-state index in [2.05, 4.69) is 15.9 Å². The van der Waals surface area contributed by atoms with E-state index in [9.17, 15) is 14.3 Å². The number of benzene rings is 1. The van der Waals surface area contributed by atoms with Crippen LogP contribution in [0, 0.1) is 5.82 Å². The fourth-order valence-electron chi connectivity index (χ4n) is 1.11. The molecule has 1 rings (SSSR count). The summed E-state index contributed by atoms with van der Waals surface area (Å²) in [5.74, 6) is -0.384. The first-order valence-corrected chi connectivity index (χ1v) is 4.86. The molecule has 1 N–H and O–H groups in total. The quantitative estimate of drug-likeness (QED) is 0.846. The molecule has 0 spiro atoms. The van der Waals surface area contributed by atoms with E-state index in [1.807, 2.05) is 0 Å². The molecule has 4 heteroatoms. The van der Waals surface area contributed by atoms with Gasteiger partial charge in [-0.3, -0.25) is 0 Å². The first kappa shape index (κ1) is 11.3. The Balaban J connectivity index is 2.96. The Labute approximate surface area is 89.9 Å². The number of rotatable bonds is 3. The van der Waals surface area contributed by atoms with Gasteiger partial charge in [0.2, 0.25) is 0 Å². The maximum atomic E-state index is 12.8. The average Bonchev–Trinajstić information content (AvgIpc) is 2.11. The zero-order valence-corrected chi connectivity index (χ0v) is 9.21. The Morgan fingerprint density at radius 2 is 2.29 bits per heavy atom. The molecule has 0 aliphatic heterocycles. The summed E-state index contributed by atoms with van der Waals surface area (Å²) in [6.45, 7) is 1.39.